The van der Waals surface area contributed by atoms with Gasteiger partial charge in [0.05, 0.1) is 21.9 Å². The molecule has 2 heterocycles. The number of nitrogens with zero attached hydrogens (tertiary/aromatic N) is 7. The number of carboxylic acid groups (broad SMARTS) is 1. The molecule has 0 spiro atoms. The molecule has 13 nitrogen and oxygen atoms in total. The lowest BCUT2D eigenvalue weighted by atomic mass is 9.90. The molecule has 0 amide bonds. The summed E-state index contributed by atoms with van der Waals surface area (Å²) in [5.74, 6) is -0.218. The van der Waals surface area contributed by atoms with Crippen molar-refractivity contribution in [2.75, 3.05) is 10.6 Å². The molecule has 2 atom stereocenters. The monoisotopic (exact) mass is 575 g/mol. The Hall–Kier alpha value is -4.86. The number of aromatic carboxylic acids is 1. The second-order valence-corrected chi connectivity index (χ2v) is 11.2. The number of non-ortho nitro benzene ring substituents is 1. The fraction of sp³-hybridized carbons (Fsp3) is 0.448. The third-order valence-corrected chi connectivity index (χ3v) is 6.76. The van der Waals surface area contributed by atoms with Gasteiger partial charge in [0.1, 0.15) is 23.1 Å². The van der Waals surface area contributed by atoms with Gasteiger partial charge in [-0.05, 0) is 51.3 Å². The van der Waals surface area contributed by atoms with Crippen molar-refractivity contribution in [3.05, 3.63) is 56.8 Å². The molecule has 0 aliphatic carbocycles. The summed E-state index contributed by atoms with van der Waals surface area (Å²) in [6.07, 6.45) is 1.74. The number of nitro groups is 1. The van der Waals surface area contributed by atoms with Crippen LogP contribution in [0.3, 0.4) is 0 Å². The topological polar surface area (TPSA) is 184 Å². The lowest BCUT2D eigenvalue weighted by Crippen LogP contribution is -2.18. The summed E-state index contributed by atoms with van der Waals surface area (Å²) in [7, 11) is 0. The van der Waals surface area contributed by atoms with E-state index in [-0.39, 0.29) is 34.7 Å². The number of nitro benzene ring substituents is 1. The molecule has 222 valence electrons. The Morgan fingerprint density at radius 2 is 1.81 bits per heavy atom. The normalized spacial score (nSPS) is 13.0. The molecule has 42 heavy (non-hydrogen) atoms. The molecule has 3 rings (SSSR count). The Morgan fingerprint density at radius 1 is 1.17 bits per heavy atom. The highest BCUT2D eigenvalue weighted by atomic mass is 16.6. The first-order chi connectivity index (χ1) is 19.7. The van der Waals surface area contributed by atoms with E-state index in [1.807, 2.05) is 47.6 Å². The fourth-order valence-corrected chi connectivity index (χ4v) is 4.05. The van der Waals surface area contributed by atoms with Crippen LogP contribution < -0.4 is 10.6 Å². The van der Waals surface area contributed by atoms with Crippen LogP contribution in [0.1, 0.15) is 88.5 Å². The van der Waals surface area contributed by atoms with Crippen molar-refractivity contribution in [3.63, 3.8) is 0 Å². The van der Waals surface area contributed by atoms with Gasteiger partial charge in [-0.15, -0.1) is 10.2 Å². The van der Waals surface area contributed by atoms with E-state index < -0.39 is 22.0 Å². The van der Waals surface area contributed by atoms with Gasteiger partial charge in [0.25, 0.3) is 5.69 Å². The minimum Gasteiger partial charge on any atom is -0.478 e. The minimum atomic E-state index is -1.40. The number of hydrogen-bond donors (Lipinski definition) is 3. The quantitative estimate of drug-likeness (QED) is 0.121. The molecule has 0 bridgehead atoms. The predicted octanol–water partition coefficient (Wildman–Crippen LogP) is 7.19. The summed E-state index contributed by atoms with van der Waals surface area (Å²) >= 11 is 0. The van der Waals surface area contributed by atoms with Crippen molar-refractivity contribution in [1.29, 1.82) is 5.26 Å². The summed E-state index contributed by atoms with van der Waals surface area (Å²) in [6, 6.07) is 7.71. The zero-order valence-electron chi connectivity index (χ0n) is 25.2. The van der Waals surface area contributed by atoms with Gasteiger partial charge in [0, 0.05) is 29.6 Å². The average Bonchev–Trinajstić information content (AvgIpc) is 3.30. The zero-order chi connectivity index (χ0) is 31.4. The predicted molar refractivity (Wildman–Crippen MR) is 160 cm³/mol. The Bertz CT molecular complexity index is 1560. The number of benzene rings is 1. The third-order valence-electron chi connectivity index (χ3n) is 6.76. The lowest BCUT2D eigenvalue weighted by molar-refractivity contribution is -0.384. The number of nitriles is 1. The van der Waals surface area contributed by atoms with E-state index >= 15 is 0 Å². The van der Waals surface area contributed by atoms with E-state index in [4.69, 9.17) is 4.98 Å². The number of hydrogen-bond acceptors (Lipinski definition) is 10. The smallest absolute Gasteiger partial charge is 0.338 e. The van der Waals surface area contributed by atoms with Crippen molar-refractivity contribution in [2.24, 2.45) is 10.2 Å². The first-order valence-electron chi connectivity index (χ1n) is 13.7. The molecule has 2 aromatic heterocycles. The van der Waals surface area contributed by atoms with E-state index in [1.165, 1.54) is 16.8 Å². The Balaban J connectivity index is 2.30. The molecule has 3 aromatic rings. The molecule has 0 saturated heterocycles. The van der Waals surface area contributed by atoms with E-state index in [0.717, 1.165) is 24.5 Å². The molecule has 0 saturated carbocycles. The summed E-state index contributed by atoms with van der Waals surface area (Å²) in [4.78, 5) is 27.6. The minimum absolute atomic E-state index is 0.00512. The first-order valence-corrected chi connectivity index (χ1v) is 13.7. The zero-order valence-corrected chi connectivity index (χ0v) is 25.2. The van der Waals surface area contributed by atoms with Gasteiger partial charge in [-0.25, -0.2) is 14.5 Å². The second kappa shape index (κ2) is 12.8. The van der Waals surface area contributed by atoms with Crippen LogP contribution in [0, 0.1) is 28.4 Å². The van der Waals surface area contributed by atoms with E-state index in [9.17, 15) is 25.3 Å². The van der Waals surface area contributed by atoms with Gasteiger partial charge in [-0.2, -0.15) is 10.4 Å². The molecule has 1 aromatic carbocycles. The van der Waals surface area contributed by atoms with Gasteiger partial charge in [-0.1, -0.05) is 34.6 Å². The maximum atomic E-state index is 12.2. The number of aryl methyl sites for hydroxylation is 1. The Labute approximate surface area is 244 Å². The number of nitrogens with one attached hydrogen (secondary N) is 2. The van der Waals surface area contributed by atoms with Crippen LogP contribution in [0.4, 0.5) is 28.8 Å². The Kier molecular flexibility index (Phi) is 9.62. The van der Waals surface area contributed by atoms with Gasteiger partial charge >= 0.3 is 5.97 Å². The van der Waals surface area contributed by atoms with Crippen molar-refractivity contribution in [1.82, 2.24) is 14.8 Å². The maximum absolute atomic E-state index is 12.2. The summed E-state index contributed by atoms with van der Waals surface area (Å²) in [5.41, 5.74) is 0.327. The molecule has 2 unspecified atom stereocenters. The molecule has 0 radical (unpaired) electrons. The number of aromatic nitrogens is 3. The number of pyridine rings is 1. The van der Waals surface area contributed by atoms with Crippen molar-refractivity contribution >= 4 is 34.8 Å². The first kappa shape index (κ1) is 31.7. The number of carboxylic acids is 1. The van der Waals surface area contributed by atoms with Crippen LogP contribution in [0.15, 0.2) is 34.5 Å². The highest BCUT2D eigenvalue weighted by molar-refractivity contribution is 5.93. The highest BCUT2D eigenvalue weighted by Gasteiger charge is 2.30. The summed E-state index contributed by atoms with van der Waals surface area (Å²) < 4.78 is 1.21. The SMILES string of the molecule is CCC(C)Nc1cc(C)c(N=Nc2c(C#N)c(C(C)(C)C)nn2-c2ccc([N+](=O)[O-])cc2C(=O)O)c(NC(C)CC)n1. The number of azo groups is 1. The molecule has 0 aliphatic rings. The Morgan fingerprint density at radius 3 is 2.36 bits per heavy atom. The van der Waals surface area contributed by atoms with E-state index in [1.54, 1.807) is 0 Å². The van der Waals surface area contributed by atoms with Crippen molar-refractivity contribution in [2.45, 2.75) is 85.7 Å². The van der Waals surface area contributed by atoms with Gasteiger partial charge in [-0.3, -0.25) is 10.1 Å². The van der Waals surface area contributed by atoms with E-state index in [2.05, 4.69) is 45.9 Å². The maximum Gasteiger partial charge on any atom is 0.338 e. The van der Waals surface area contributed by atoms with Crippen LogP contribution in [0.2, 0.25) is 0 Å². The standard InChI is InChI=1S/C29H37N9O4/c1-9-17(4)31-23-13-16(3)24(26(33-23)32-18(5)10-2)34-35-27-21(15-30)25(29(6,7)8)36-37(27)22-12-11-19(38(41)42)14-20(22)28(39)40/h11-14,17-18H,9-10H2,1-8H3,(H,39,40)(H2,31,32,33). The van der Waals surface area contributed by atoms with E-state index in [0.29, 0.717) is 23.0 Å². The van der Waals surface area contributed by atoms with Gasteiger partial charge in [0.2, 0.25) is 0 Å². The summed E-state index contributed by atoms with van der Waals surface area (Å²) in [6.45, 7) is 15.7. The lowest BCUT2D eigenvalue weighted by Gasteiger charge is -2.18. The molecular weight excluding hydrogens is 538 g/mol. The number of anilines is 2. The number of rotatable bonds is 11. The summed E-state index contributed by atoms with van der Waals surface area (Å²) in [5, 5.41) is 51.7. The van der Waals surface area contributed by atoms with Crippen LogP contribution in [-0.2, 0) is 5.41 Å². The molecular formula is C29H37N9O4. The average molecular weight is 576 g/mol. The fourth-order valence-electron chi connectivity index (χ4n) is 4.05. The number of carbonyl (C=O) groups is 1. The molecule has 3 N–H and O–H groups in total. The van der Waals surface area contributed by atoms with Crippen molar-refractivity contribution < 1.29 is 14.8 Å². The van der Waals surface area contributed by atoms with Crippen LogP contribution in [0.25, 0.3) is 5.69 Å². The van der Waals surface area contributed by atoms with Crippen molar-refractivity contribution in [3.8, 4) is 11.8 Å². The molecule has 0 fully saturated rings. The molecule has 13 heteroatoms. The van der Waals surface area contributed by atoms with Gasteiger partial charge < -0.3 is 15.7 Å². The van der Waals surface area contributed by atoms with Crippen LogP contribution >= 0.6 is 0 Å². The second-order valence-electron chi connectivity index (χ2n) is 11.2. The van der Waals surface area contributed by atoms with Gasteiger partial charge in [0.15, 0.2) is 11.6 Å². The van der Waals surface area contributed by atoms with Crippen LogP contribution in [0.5, 0.6) is 0 Å². The largest absolute Gasteiger partial charge is 0.478 e. The molecule has 0 aliphatic heterocycles. The third kappa shape index (κ3) is 6.88. The highest BCUT2D eigenvalue weighted by Crippen LogP contribution is 2.37. The van der Waals surface area contributed by atoms with Crippen LogP contribution in [-0.4, -0.2) is 42.8 Å².